The fourth-order valence-electron chi connectivity index (χ4n) is 4.50. The second-order valence-corrected chi connectivity index (χ2v) is 9.31. The molecule has 0 atom stereocenters. The molecule has 2 aromatic carbocycles. The predicted molar refractivity (Wildman–Crippen MR) is 135 cm³/mol. The van der Waals surface area contributed by atoms with Gasteiger partial charge < -0.3 is 25.1 Å². The van der Waals surface area contributed by atoms with Crippen LogP contribution in [0.1, 0.15) is 37.0 Å². The molecule has 0 aliphatic heterocycles. The maximum absolute atomic E-state index is 13.3. The van der Waals surface area contributed by atoms with E-state index in [1.807, 2.05) is 0 Å². The minimum atomic E-state index is -4.85. The van der Waals surface area contributed by atoms with Crippen molar-refractivity contribution in [3.8, 4) is 0 Å². The van der Waals surface area contributed by atoms with Gasteiger partial charge in [0.1, 0.15) is 22.7 Å². The number of alkyl halides is 3. The van der Waals surface area contributed by atoms with E-state index in [9.17, 15) is 37.3 Å². The van der Waals surface area contributed by atoms with Crippen molar-refractivity contribution in [1.82, 2.24) is 10.6 Å². The molecular formula is C26H26F4N4O6. The summed E-state index contributed by atoms with van der Waals surface area (Å²) < 4.78 is 64.1. The molecule has 2 amide bonds. The molecule has 1 aromatic heterocycles. The van der Waals surface area contributed by atoms with E-state index in [0.29, 0.717) is 42.4 Å². The largest absolute Gasteiger partial charge is 0.459 e. The lowest BCUT2D eigenvalue weighted by molar-refractivity contribution is -0.388. The molecular weight excluding hydrogens is 540 g/mol. The molecule has 1 aliphatic rings. The van der Waals surface area contributed by atoms with Crippen LogP contribution < -0.4 is 16.0 Å². The summed E-state index contributed by atoms with van der Waals surface area (Å²) in [6, 6.07) is 8.31. The van der Waals surface area contributed by atoms with E-state index in [-0.39, 0.29) is 37.5 Å². The van der Waals surface area contributed by atoms with Crippen molar-refractivity contribution >= 4 is 34.2 Å². The number of furan rings is 1. The Morgan fingerprint density at radius 1 is 1.02 bits per heavy atom. The number of nitrogens with zero attached hydrogens (tertiary/aromatic N) is 1. The molecule has 1 saturated carbocycles. The van der Waals surface area contributed by atoms with Crippen molar-refractivity contribution in [3.63, 3.8) is 0 Å². The van der Waals surface area contributed by atoms with Gasteiger partial charge in [-0.15, -0.1) is 0 Å². The fourth-order valence-corrected chi connectivity index (χ4v) is 4.50. The van der Waals surface area contributed by atoms with E-state index in [2.05, 4.69) is 16.0 Å². The Morgan fingerprint density at radius 2 is 1.75 bits per heavy atom. The van der Waals surface area contributed by atoms with Crippen molar-refractivity contribution in [3.05, 3.63) is 69.7 Å². The SMILES string of the molecule is O=C(NCCO[C@H]1CC[C@H](Nc2ccc([N+](=O)[O-])c(C(F)(F)F)c2)CC1)C(=O)NCc1cc2cc(F)ccc2o1. The van der Waals surface area contributed by atoms with Gasteiger partial charge in [0.15, 0.2) is 0 Å². The third kappa shape index (κ3) is 7.46. The summed E-state index contributed by atoms with van der Waals surface area (Å²) in [6.07, 6.45) is -2.53. The van der Waals surface area contributed by atoms with Crippen LogP contribution >= 0.6 is 0 Å². The highest BCUT2D eigenvalue weighted by atomic mass is 19.4. The molecule has 3 aromatic rings. The molecule has 4 rings (SSSR count). The Hall–Kier alpha value is -4.20. The van der Waals surface area contributed by atoms with E-state index < -0.39 is 40.0 Å². The minimum absolute atomic E-state index is 0.0479. The van der Waals surface area contributed by atoms with Crippen LogP contribution in [0, 0.1) is 15.9 Å². The summed E-state index contributed by atoms with van der Waals surface area (Å²) >= 11 is 0. The minimum Gasteiger partial charge on any atom is -0.459 e. The molecule has 214 valence electrons. The van der Waals surface area contributed by atoms with E-state index in [4.69, 9.17) is 9.15 Å². The lowest BCUT2D eigenvalue weighted by Gasteiger charge is -2.30. The number of amides is 2. The van der Waals surface area contributed by atoms with Gasteiger partial charge in [0.05, 0.1) is 24.2 Å². The molecule has 14 heteroatoms. The number of rotatable bonds is 9. The summed E-state index contributed by atoms with van der Waals surface area (Å²) in [7, 11) is 0. The molecule has 0 bridgehead atoms. The number of anilines is 1. The van der Waals surface area contributed by atoms with Gasteiger partial charge in [-0.3, -0.25) is 19.7 Å². The van der Waals surface area contributed by atoms with Crippen LogP contribution in [0.5, 0.6) is 0 Å². The van der Waals surface area contributed by atoms with Gasteiger partial charge in [0.25, 0.3) is 5.69 Å². The highest BCUT2D eigenvalue weighted by Crippen LogP contribution is 2.38. The van der Waals surface area contributed by atoms with Gasteiger partial charge in [-0.05, 0) is 62.1 Å². The highest BCUT2D eigenvalue weighted by Gasteiger charge is 2.38. The summed E-state index contributed by atoms with van der Waals surface area (Å²) in [5, 5.41) is 19.3. The normalized spacial score (nSPS) is 17.4. The summed E-state index contributed by atoms with van der Waals surface area (Å²) in [4.78, 5) is 33.9. The van der Waals surface area contributed by atoms with Crippen LogP contribution in [-0.2, 0) is 27.0 Å². The summed E-state index contributed by atoms with van der Waals surface area (Å²) in [5.41, 5.74) is -1.69. The first-order chi connectivity index (χ1) is 19.0. The zero-order valence-electron chi connectivity index (χ0n) is 21.1. The number of fused-ring (bicyclic) bond motifs is 1. The first kappa shape index (κ1) is 28.8. The summed E-state index contributed by atoms with van der Waals surface area (Å²) in [5.74, 6) is -1.76. The van der Waals surface area contributed by atoms with Crippen molar-refractivity contribution in [2.24, 2.45) is 0 Å². The maximum Gasteiger partial charge on any atom is 0.423 e. The highest BCUT2D eigenvalue weighted by molar-refractivity contribution is 6.35. The van der Waals surface area contributed by atoms with Crippen LogP contribution in [0.15, 0.2) is 46.9 Å². The number of nitrogens with one attached hydrogen (secondary N) is 3. The zero-order chi connectivity index (χ0) is 28.9. The number of halogens is 4. The Labute approximate surface area is 225 Å². The molecule has 1 fully saturated rings. The number of benzene rings is 2. The lowest BCUT2D eigenvalue weighted by Crippen LogP contribution is -2.41. The number of hydrogen-bond donors (Lipinski definition) is 3. The van der Waals surface area contributed by atoms with Gasteiger partial charge in [-0.2, -0.15) is 13.2 Å². The molecule has 1 aliphatic carbocycles. The van der Waals surface area contributed by atoms with Crippen molar-refractivity contribution < 1.29 is 41.2 Å². The Balaban J connectivity index is 1.14. The van der Waals surface area contributed by atoms with Crippen LogP contribution in [0.25, 0.3) is 11.0 Å². The van der Waals surface area contributed by atoms with Crippen LogP contribution in [0.2, 0.25) is 0 Å². The number of carbonyl (C=O) groups is 2. The Bertz CT molecular complexity index is 1390. The van der Waals surface area contributed by atoms with Crippen molar-refractivity contribution in [2.45, 2.75) is 50.6 Å². The van der Waals surface area contributed by atoms with Crippen molar-refractivity contribution in [1.29, 1.82) is 0 Å². The number of nitro benzene ring substituents is 1. The van der Waals surface area contributed by atoms with E-state index >= 15 is 0 Å². The maximum atomic E-state index is 13.3. The van der Waals surface area contributed by atoms with Gasteiger partial charge >= 0.3 is 18.0 Å². The molecule has 0 radical (unpaired) electrons. The molecule has 10 nitrogen and oxygen atoms in total. The molecule has 1 heterocycles. The van der Waals surface area contributed by atoms with Crippen LogP contribution in [0.3, 0.4) is 0 Å². The smallest absolute Gasteiger partial charge is 0.423 e. The molecule has 0 unspecified atom stereocenters. The van der Waals surface area contributed by atoms with E-state index in [1.54, 1.807) is 6.07 Å². The van der Waals surface area contributed by atoms with Gasteiger partial charge in [0, 0.05) is 29.7 Å². The second-order valence-electron chi connectivity index (χ2n) is 9.31. The third-order valence-corrected chi connectivity index (χ3v) is 6.44. The first-order valence-corrected chi connectivity index (χ1v) is 12.5. The molecule has 40 heavy (non-hydrogen) atoms. The monoisotopic (exact) mass is 566 g/mol. The van der Waals surface area contributed by atoms with Gasteiger partial charge in [0.2, 0.25) is 0 Å². The number of ether oxygens (including phenoxy) is 1. The quantitative estimate of drug-likeness (QED) is 0.113. The van der Waals surface area contributed by atoms with E-state index in [0.717, 1.165) is 12.1 Å². The molecule has 0 spiro atoms. The standard InChI is InChI=1S/C26H26F4N4O6/c27-16-1-8-23-15(11-16)12-20(40-23)14-32-25(36)24(35)31-9-10-39-19-5-2-17(3-6-19)33-18-4-7-22(34(37)38)21(13-18)26(28,29)30/h1,4,7-8,11-13,17,19,33H,2-3,5-6,9-10,14H2,(H,31,35)(H,32,36)/t17-,19-. The van der Waals surface area contributed by atoms with E-state index in [1.165, 1.54) is 24.3 Å². The Morgan fingerprint density at radius 3 is 2.45 bits per heavy atom. The fraction of sp³-hybridized carbons (Fsp3) is 0.385. The average molecular weight is 567 g/mol. The summed E-state index contributed by atoms with van der Waals surface area (Å²) in [6.45, 7) is 0.208. The van der Waals surface area contributed by atoms with Crippen LogP contribution in [-0.4, -0.2) is 42.0 Å². The molecule has 3 N–H and O–H groups in total. The number of hydrogen-bond acceptors (Lipinski definition) is 7. The van der Waals surface area contributed by atoms with Crippen molar-refractivity contribution in [2.75, 3.05) is 18.5 Å². The topological polar surface area (TPSA) is 136 Å². The molecule has 0 saturated heterocycles. The first-order valence-electron chi connectivity index (χ1n) is 12.5. The lowest BCUT2D eigenvalue weighted by atomic mass is 9.92. The average Bonchev–Trinajstić information content (AvgIpc) is 3.32. The Kier molecular flexibility index (Phi) is 8.87. The predicted octanol–water partition coefficient (Wildman–Crippen LogP) is 4.67. The third-order valence-electron chi connectivity index (χ3n) is 6.44. The zero-order valence-corrected chi connectivity index (χ0v) is 21.1. The number of nitro groups is 1. The van der Waals surface area contributed by atoms with Gasteiger partial charge in [-0.25, -0.2) is 4.39 Å². The number of carbonyl (C=O) groups excluding carboxylic acids is 2. The van der Waals surface area contributed by atoms with Gasteiger partial charge in [-0.1, -0.05) is 0 Å². The second kappa shape index (κ2) is 12.3. The van der Waals surface area contributed by atoms with Crippen LogP contribution in [0.4, 0.5) is 28.9 Å².